The van der Waals surface area contributed by atoms with E-state index in [9.17, 15) is 9.50 Å². The molecule has 2 aliphatic rings. The molecule has 1 unspecified atom stereocenters. The number of hydrogen-bond donors (Lipinski definition) is 2. The summed E-state index contributed by atoms with van der Waals surface area (Å²) >= 11 is 0. The molecule has 2 fully saturated rings. The Balaban J connectivity index is 1.38. The van der Waals surface area contributed by atoms with Gasteiger partial charge < -0.3 is 15.2 Å². The highest BCUT2D eigenvalue weighted by atomic mass is 19.1. The maximum Gasteiger partial charge on any atom is 0.213 e. The third-order valence-electron chi connectivity index (χ3n) is 6.34. The Hall–Kier alpha value is -3.39. The molecule has 0 amide bonds. The molecule has 164 valence electrons. The zero-order valence-electron chi connectivity index (χ0n) is 17.9. The van der Waals surface area contributed by atoms with Crippen molar-refractivity contribution in [3.05, 3.63) is 54.0 Å². The lowest BCUT2D eigenvalue weighted by atomic mass is 9.86. The quantitative estimate of drug-likeness (QED) is 0.643. The SMILES string of the molecule is COc1cc(-c2ccc(-c3ncc(/C=C4\CC5CC[C@](C)(N5)[C@@H]4F)nn3)c(O)c2)ccn1. The van der Waals surface area contributed by atoms with Crippen LogP contribution >= 0.6 is 0 Å². The van der Waals surface area contributed by atoms with Crippen molar-refractivity contribution < 1.29 is 14.2 Å². The number of nitrogens with zero attached hydrogens (tertiary/aromatic N) is 4. The third-order valence-corrected chi connectivity index (χ3v) is 6.34. The third kappa shape index (κ3) is 3.71. The molecule has 8 heteroatoms. The fourth-order valence-corrected chi connectivity index (χ4v) is 4.63. The molecule has 3 aromatic rings. The zero-order valence-corrected chi connectivity index (χ0v) is 17.9. The van der Waals surface area contributed by atoms with Crippen LogP contribution < -0.4 is 10.1 Å². The van der Waals surface area contributed by atoms with Gasteiger partial charge in [-0.1, -0.05) is 6.07 Å². The average molecular weight is 433 g/mol. The van der Waals surface area contributed by atoms with E-state index in [1.54, 1.807) is 43.8 Å². The minimum Gasteiger partial charge on any atom is -0.507 e. The maximum absolute atomic E-state index is 15.0. The predicted molar refractivity (Wildman–Crippen MR) is 119 cm³/mol. The van der Waals surface area contributed by atoms with Crippen LogP contribution in [0.25, 0.3) is 28.6 Å². The van der Waals surface area contributed by atoms with E-state index >= 15 is 0 Å². The summed E-state index contributed by atoms with van der Waals surface area (Å²) in [6.45, 7) is 1.94. The van der Waals surface area contributed by atoms with Crippen LogP contribution in [0.1, 0.15) is 31.9 Å². The highest BCUT2D eigenvalue weighted by Crippen LogP contribution is 2.41. The monoisotopic (exact) mass is 433 g/mol. The first-order chi connectivity index (χ1) is 15.4. The average Bonchev–Trinajstić information content (AvgIpc) is 3.15. The van der Waals surface area contributed by atoms with Gasteiger partial charge in [0, 0.05) is 18.3 Å². The van der Waals surface area contributed by atoms with Gasteiger partial charge in [-0.3, -0.25) is 0 Å². The summed E-state index contributed by atoms with van der Waals surface area (Å²) in [6.07, 6.45) is 6.41. The van der Waals surface area contributed by atoms with Crippen molar-refractivity contribution in [2.45, 2.75) is 43.9 Å². The molecule has 1 aromatic carbocycles. The van der Waals surface area contributed by atoms with Crippen molar-refractivity contribution in [2.75, 3.05) is 7.11 Å². The number of rotatable bonds is 4. The smallest absolute Gasteiger partial charge is 0.213 e. The van der Waals surface area contributed by atoms with Gasteiger partial charge in [0.25, 0.3) is 0 Å². The molecule has 4 heterocycles. The first kappa shape index (κ1) is 20.5. The van der Waals surface area contributed by atoms with Crippen molar-refractivity contribution >= 4 is 6.08 Å². The zero-order chi connectivity index (χ0) is 22.3. The van der Waals surface area contributed by atoms with E-state index in [0.29, 0.717) is 35.4 Å². The number of phenols is 1. The molecule has 0 aliphatic carbocycles. The minimum absolute atomic E-state index is 0.0397. The molecule has 3 atom stereocenters. The first-order valence-electron chi connectivity index (χ1n) is 10.6. The molecule has 2 N–H and O–H groups in total. The van der Waals surface area contributed by atoms with Crippen LogP contribution in [-0.4, -0.2) is 50.1 Å². The van der Waals surface area contributed by atoms with Gasteiger partial charge in [0.15, 0.2) is 5.82 Å². The molecule has 0 radical (unpaired) electrons. The Morgan fingerprint density at radius 1 is 1.19 bits per heavy atom. The van der Waals surface area contributed by atoms with Gasteiger partial charge in [-0.05, 0) is 67.2 Å². The largest absolute Gasteiger partial charge is 0.507 e. The van der Waals surface area contributed by atoms with E-state index in [1.165, 1.54) is 0 Å². The van der Waals surface area contributed by atoms with E-state index in [1.807, 2.05) is 19.1 Å². The number of aromatic nitrogens is 4. The molecular formula is C24H24FN5O2. The van der Waals surface area contributed by atoms with Gasteiger partial charge in [-0.2, -0.15) is 0 Å². The van der Waals surface area contributed by atoms with Gasteiger partial charge in [-0.25, -0.2) is 14.4 Å². The highest BCUT2D eigenvalue weighted by molar-refractivity contribution is 5.73. The van der Waals surface area contributed by atoms with Crippen LogP contribution in [0.15, 0.2) is 48.3 Å². The number of fused-ring (bicyclic) bond motifs is 2. The van der Waals surface area contributed by atoms with E-state index < -0.39 is 11.7 Å². The molecule has 5 rings (SSSR count). The first-order valence-corrected chi connectivity index (χ1v) is 10.6. The number of ether oxygens (including phenoxy) is 1. The van der Waals surface area contributed by atoms with Crippen molar-refractivity contribution in [3.63, 3.8) is 0 Å². The van der Waals surface area contributed by atoms with E-state index in [0.717, 1.165) is 29.5 Å². The molecule has 0 saturated carbocycles. The molecule has 2 saturated heterocycles. The number of methoxy groups -OCH3 is 1. The number of pyridine rings is 1. The van der Waals surface area contributed by atoms with Crippen LogP contribution in [0.4, 0.5) is 4.39 Å². The number of phenolic OH excluding ortho intramolecular Hbond substituents is 1. The number of hydrogen-bond acceptors (Lipinski definition) is 7. The van der Waals surface area contributed by atoms with Crippen molar-refractivity contribution in [3.8, 4) is 34.1 Å². The molecule has 32 heavy (non-hydrogen) atoms. The standard InChI is InChI=1S/C24H24FN5O2/c1-24-7-5-17(28-24)9-16(22(24)25)10-18-13-27-23(30-29-18)19-4-3-14(11-20(19)31)15-6-8-26-21(12-15)32-2/h3-4,6,8,10-13,17,22,28,31H,5,7,9H2,1-2H3/b16-10+/t17?,22-,24+/m1/s1. The van der Waals surface area contributed by atoms with Gasteiger partial charge in [0.1, 0.15) is 17.6 Å². The lowest BCUT2D eigenvalue weighted by molar-refractivity contribution is 0.186. The predicted octanol–water partition coefficient (Wildman–Crippen LogP) is 3.95. The Kier molecular flexibility index (Phi) is 5.09. The fraction of sp³-hybridized carbons (Fsp3) is 0.333. The normalized spacial score (nSPS) is 25.8. The summed E-state index contributed by atoms with van der Waals surface area (Å²) in [5.41, 5.74) is 2.89. The molecular weight excluding hydrogens is 409 g/mol. The van der Waals surface area contributed by atoms with E-state index in [2.05, 4.69) is 25.5 Å². The lowest BCUT2D eigenvalue weighted by Crippen LogP contribution is -2.52. The number of nitrogens with one attached hydrogen (secondary N) is 1. The van der Waals surface area contributed by atoms with Gasteiger partial charge in [0.2, 0.25) is 5.88 Å². The van der Waals surface area contributed by atoms with Crippen molar-refractivity contribution in [1.29, 1.82) is 0 Å². The number of halogens is 1. The molecule has 2 bridgehead atoms. The Morgan fingerprint density at radius 3 is 2.78 bits per heavy atom. The lowest BCUT2D eigenvalue weighted by Gasteiger charge is -2.36. The fourth-order valence-electron chi connectivity index (χ4n) is 4.63. The van der Waals surface area contributed by atoms with Crippen LogP contribution in [0.2, 0.25) is 0 Å². The second-order valence-electron chi connectivity index (χ2n) is 8.61. The number of aromatic hydroxyl groups is 1. The van der Waals surface area contributed by atoms with Crippen LogP contribution in [0.3, 0.4) is 0 Å². The number of piperidine rings is 1. The topological polar surface area (TPSA) is 93.0 Å². The molecule has 2 aromatic heterocycles. The van der Waals surface area contributed by atoms with Crippen molar-refractivity contribution in [2.24, 2.45) is 0 Å². The molecule has 0 spiro atoms. The molecule has 7 nitrogen and oxygen atoms in total. The van der Waals surface area contributed by atoms with Gasteiger partial charge in [-0.15, -0.1) is 10.2 Å². The Bertz CT molecular complexity index is 1180. The number of alkyl halides is 1. The highest BCUT2D eigenvalue weighted by Gasteiger charge is 2.47. The van der Waals surface area contributed by atoms with Crippen LogP contribution in [0.5, 0.6) is 11.6 Å². The summed E-state index contributed by atoms with van der Waals surface area (Å²) in [7, 11) is 1.56. The Morgan fingerprint density at radius 2 is 2.03 bits per heavy atom. The summed E-state index contributed by atoms with van der Waals surface area (Å²) in [5, 5.41) is 22.3. The minimum atomic E-state index is -1.05. The van der Waals surface area contributed by atoms with Gasteiger partial charge >= 0.3 is 0 Å². The molecule has 2 aliphatic heterocycles. The second-order valence-corrected chi connectivity index (χ2v) is 8.61. The second kappa shape index (κ2) is 7.94. The Labute approximate surface area is 185 Å². The van der Waals surface area contributed by atoms with Crippen LogP contribution in [-0.2, 0) is 0 Å². The maximum atomic E-state index is 15.0. The summed E-state index contributed by atoms with van der Waals surface area (Å²) in [4.78, 5) is 8.45. The van der Waals surface area contributed by atoms with Gasteiger partial charge in [0.05, 0.1) is 24.4 Å². The van der Waals surface area contributed by atoms with E-state index in [4.69, 9.17) is 4.74 Å². The summed E-state index contributed by atoms with van der Waals surface area (Å²) in [6, 6.07) is 9.19. The van der Waals surface area contributed by atoms with Crippen LogP contribution in [0, 0.1) is 0 Å². The summed E-state index contributed by atoms with van der Waals surface area (Å²) in [5.74, 6) is 0.838. The number of benzene rings is 1. The van der Waals surface area contributed by atoms with E-state index in [-0.39, 0.29) is 5.75 Å². The summed E-state index contributed by atoms with van der Waals surface area (Å²) < 4.78 is 20.1. The van der Waals surface area contributed by atoms with Crippen molar-refractivity contribution in [1.82, 2.24) is 25.5 Å².